The number of hydrogen-bond donors (Lipinski definition) is 1. The molecule has 0 aliphatic heterocycles. The van der Waals surface area contributed by atoms with Gasteiger partial charge in [0.1, 0.15) is 5.52 Å². The van der Waals surface area contributed by atoms with E-state index in [9.17, 15) is 0 Å². The molecular formula is C13H7Br3N2O. The maximum atomic E-state index is 5.93. The lowest BCUT2D eigenvalue weighted by molar-refractivity contribution is 0.618. The Morgan fingerprint density at radius 2 is 1.89 bits per heavy atom. The van der Waals surface area contributed by atoms with Gasteiger partial charge in [0.25, 0.3) is 0 Å². The summed E-state index contributed by atoms with van der Waals surface area (Å²) in [5.41, 5.74) is 8.84. The number of oxazole rings is 1. The van der Waals surface area contributed by atoms with Gasteiger partial charge in [-0.1, -0.05) is 22.0 Å². The Hall–Kier alpha value is -0.850. The van der Waals surface area contributed by atoms with Crippen molar-refractivity contribution in [3.63, 3.8) is 0 Å². The Morgan fingerprint density at radius 1 is 1.11 bits per heavy atom. The minimum atomic E-state index is 0.564. The average molecular weight is 447 g/mol. The molecule has 2 aromatic carbocycles. The highest BCUT2D eigenvalue weighted by Gasteiger charge is 2.15. The maximum absolute atomic E-state index is 5.93. The summed E-state index contributed by atoms with van der Waals surface area (Å²) < 4.78 is 8.28. The Morgan fingerprint density at radius 3 is 2.63 bits per heavy atom. The third-order valence-corrected chi connectivity index (χ3v) is 4.62. The van der Waals surface area contributed by atoms with Crippen LogP contribution < -0.4 is 5.73 Å². The minimum Gasteiger partial charge on any atom is -0.435 e. The number of benzene rings is 2. The number of nitrogen functional groups attached to an aromatic ring is 1. The molecule has 0 spiro atoms. The molecular weight excluding hydrogens is 440 g/mol. The van der Waals surface area contributed by atoms with E-state index in [4.69, 9.17) is 10.2 Å². The molecule has 0 aliphatic carbocycles. The van der Waals surface area contributed by atoms with Crippen molar-refractivity contribution in [2.45, 2.75) is 0 Å². The van der Waals surface area contributed by atoms with Crippen LogP contribution in [0.2, 0.25) is 0 Å². The van der Waals surface area contributed by atoms with Crippen molar-refractivity contribution in [1.29, 1.82) is 0 Å². The van der Waals surface area contributed by atoms with Gasteiger partial charge in [-0.15, -0.1) is 0 Å². The van der Waals surface area contributed by atoms with Crippen molar-refractivity contribution in [2.75, 3.05) is 5.73 Å². The first-order valence-corrected chi connectivity index (χ1v) is 7.74. The van der Waals surface area contributed by atoms with Crippen LogP contribution in [0.1, 0.15) is 0 Å². The van der Waals surface area contributed by atoms with Crippen molar-refractivity contribution in [1.82, 2.24) is 4.98 Å². The fourth-order valence-corrected chi connectivity index (χ4v) is 3.33. The number of fused-ring (bicyclic) bond motifs is 1. The number of aromatic nitrogens is 1. The molecule has 3 nitrogen and oxygen atoms in total. The maximum Gasteiger partial charge on any atom is 0.227 e. The van der Waals surface area contributed by atoms with Gasteiger partial charge < -0.3 is 10.2 Å². The molecule has 19 heavy (non-hydrogen) atoms. The molecule has 0 saturated carbocycles. The molecule has 0 fully saturated rings. The van der Waals surface area contributed by atoms with Crippen LogP contribution in [0.15, 0.2) is 48.2 Å². The first-order valence-electron chi connectivity index (χ1n) is 5.36. The van der Waals surface area contributed by atoms with E-state index in [2.05, 4.69) is 52.8 Å². The fourth-order valence-electron chi connectivity index (χ4n) is 1.76. The highest BCUT2D eigenvalue weighted by atomic mass is 79.9. The van der Waals surface area contributed by atoms with Gasteiger partial charge in [-0.3, -0.25) is 0 Å². The standard InChI is InChI=1S/C13H7Br3N2O/c14-7-3-1-2-6(4-7)13-18-9-5-8(15)11(17)10(16)12(9)19-13/h1-5H,17H2. The lowest BCUT2D eigenvalue weighted by Gasteiger charge is -2.00. The zero-order valence-electron chi connectivity index (χ0n) is 9.45. The van der Waals surface area contributed by atoms with Crippen LogP contribution in [-0.2, 0) is 0 Å². The number of halogens is 3. The predicted octanol–water partition coefficient (Wildman–Crippen LogP) is 5.36. The van der Waals surface area contributed by atoms with Gasteiger partial charge in [-0.05, 0) is 56.1 Å². The summed E-state index contributed by atoms with van der Waals surface area (Å²) in [5, 5.41) is 0. The molecule has 3 rings (SSSR count). The number of anilines is 1. The molecule has 0 atom stereocenters. The zero-order chi connectivity index (χ0) is 13.6. The first kappa shape index (κ1) is 13.1. The van der Waals surface area contributed by atoms with Crippen LogP contribution in [0, 0.1) is 0 Å². The Labute approximate surface area is 134 Å². The Balaban J connectivity index is 2.25. The Bertz CT molecular complexity index is 783. The smallest absolute Gasteiger partial charge is 0.227 e. The van der Waals surface area contributed by atoms with Gasteiger partial charge in [0.15, 0.2) is 5.58 Å². The zero-order valence-corrected chi connectivity index (χ0v) is 14.2. The molecule has 6 heteroatoms. The van der Waals surface area contributed by atoms with Crippen LogP contribution in [0.5, 0.6) is 0 Å². The highest BCUT2D eigenvalue weighted by Crippen LogP contribution is 2.37. The van der Waals surface area contributed by atoms with Gasteiger partial charge in [0, 0.05) is 14.5 Å². The van der Waals surface area contributed by atoms with E-state index >= 15 is 0 Å². The van der Waals surface area contributed by atoms with E-state index in [0.717, 1.165) is 20.0 Å². The quantitative estimate of drug-likeness (QED) is 0.511. The van der Waals surface area contributed by atoms with Crippen molar-refractivity contribution in [2.24, 2.45) is 0 Å². The average Bonchev–Trinajstić information content (AvgIpc) is 2.80. The summed E-state index contributed by atoms with van der Waals surface area (Å²) in [6.07, 6.45) is 0. The minimum absolute atomic E-state index is 0.564. The van der Waals surface area contributed by atoms with E-state index in [1.807, 2.05) is 30.3 Å². The van der Waals surface area contributed by atoms with Gasteiger partial charge in [-0.2, -0.15) is 0 Å². The molecule has 0 unspecified atom stereocenters. The number of nitrogens with zero attached hydrogens (tertiary/aromatic N) is 1. The molecule has 2 N–H and O–H groups in total. The summed E-state index contributed by atoms with van der Waals surface area (Å²) in [7, 11) is 0. The van der Waals surface area contributed by atoms with Crippen LogP contribution in [-0.4, -0.2) is 4.98 Å². The fraction of sp³-hybridized carbons (Fsp3) is 0. The lowest BCUT2D eigenvalue weighted by atomic mass is 10.2. The summed E-state index contributed by atoms with van der Waals surface area (Å²) in [5.74, 6) is 0.564. The van der Waals surface area contributed by atoms with Crippen molar-refractivity contribution >= 4 is 64.6 Å². The topological polar surface area (TPSA) is 52.0 Å². The van der Waals surface area contributed by atoms with Gasteiger partial charge >= 0.3 is 0 Å². The summed E-state index contributed by atoms with van der Waals surface area (Å²) in [6, 6.07) is 9.64. The second kappa shape index (κ2) is 4.92. The SMILES string of the molecule is Nc1c(Br)cc2nc(-c3cccc(Br)c3)oc2c1Br. The second-order valence-electron chi connectivity index (χ2n) is 3.96. The largest absolute Gasteiger partial charge is 0.435 e. The number of hydrogen-bond acceptors (Lipinski definition) is 3. The second-order valence-corrected chi connectivity index (χ2v) is 6.53. The molecule has 3 aromatic rings. The normalized spacial score (nSPS) is 11.1. The lowest BCUT2D eigenvalue weighted by Crippen LogP contribution is -1.88. The summed E-state index contributed by atoms with van der Waals surface area (Å²) in [4.78, 5) is 4.48. The number of rotatable bonds is 1. The van der Waals surface area contributed by atoms with E-state index in [-0.39, 0.29) is 0 Å². The van der Waals surface area contributed by atoms with Crippen LogP contribution in [0.4, 0.5) is 5.69 Å². The highest BCUT2D eigenvalue weighted by molar-refractivity contribution is 9.11. The molecule has 0 bridgehead atoms. The van der Waals surface area contributed by atoms with Gasteiger partial charge in [-0.25, -0.2) is 4.98 Å². The summed E-state index contributed by atoms with van der Waals surface area (Å²) in [6.45, 7) is 0. The van der Waals surface area contributed by atoms with E-state index < -0.39 is 0 Å². The third-order valence-electron chi connectivity index (χ3n) is 2.68. The first-order chi connectivity index (χ1) is 9.06. The predicted molar refractivity (Wildman–Crippen MR) is 87.0 cm³/mol. The van der Waals surface area contributed by atoms with Crippen LogP contribution >= 0.6 is 47.8 Å². The van der Waals surface area contributed by atoms with E-state index in [1.165, 1.54) is 0 Å². The van der Waals surface area contributed by atoms with Gasteiger partial charge in [0.2, 0.25) is 5.89 Å². The van der Waals surface area contributed by atoms with Crippen LogP contribution in [0.3, 0.4) is 0 Å². The monoisotopic (exact) mass is 444 g/mol. The molecule has 1 aromatic heterocycles. The van der Waals surface area contributed by atoms with E-state index in [0.29, 0.717) is 21.6 Å². The van der Waals surface area contributed by atoms with Crippen LogP contribution in [0.25, 0.3) is 22.6 Å². The van der Waals surface area contributed by atoms with E-state index in [1.54, 1.807) is 0 Å². The molecule has 0 amide bonds. The Kier molecular flexibility index (Phi) is 3.41. The van der Waals surface area contributed by atoms with Crippen molar-refractivity contribution in [3.05, 3.63) is 43.7 Å². The summed E-state index contributed by atoms with van der Waals surface area (Å²) >= 11 is 10.3. The molecule has 0 radical (unpaired) electrons. The molecule has 0 aliphatic rings. The van der Waals surface area contributed by atoms with Crippen molar-refractivity contribution in [3.8, 4) is 11.5 Å². The van der Waals surface area contributed by atoms with Crippen molar-refractivity contribution < 1.29 is 4.42 Å². The number of nitrogens with two attached hydrogens (primary N) is 1. The molecule has 96 valence electrons. The molecule has 0 saturated heterocycles. The molecule has 1 heterocycles. The van der Waals surface area contributed by atoms with Gasteiger partial charge in [0.05, 0.1) is 10.2 Å². The third kappa shape index (κ3) is 2.32.